The Kier molecular flexibility index (Phi) is 3.78. The number of benzene rings is 1. The van der Waals surface area contributed by atoms with Crippen LogP contribution >= 0.6 is 0 Å². The SMILES string of the molecule is CC(C)(C)Oc1cc(CO)c(O)c(CO)c1. The van der Waals surface area contributed by atoms with Crippen molar-refractivity contribution in [3.63, 3.8) is 0 Å². The van der Waals surface area contributed by atoms with Gasteiger partial charge in [-0.25, -0.2) is 0 Å². The molecule has 90 valence electrons. The number of ether oxygens (including phenoxy) is 1. The van der Waals surface area contributed by atoms with Gasteiger partial charge in [-0.05, 0) is 32.9 Å². The lowest BCUT2D eigenvalue weighted by Crippen LogP contribution is -2.23. The van der Waals surface area contributed by atoms with E-state index in [4.69, 9.17) is 14.9 Å². The summed E-state index contributed by atoms with van der Waals surface area (Å²) in [5.74, 6) is 0.449. The average Bonchev–Trinajstić information content (AvgIpc) is 2.18. The van der Waals surface area contributed by atoms with Gasteiger partial charge in [0.15, 0.2) is 0 Å². The highest BCUT2D eigenvalue weighted by Crippen LogP contribution is 2.30. The van der Waals surface area contributed by atoms with Crippen molar-refractivity contribution < 1.29 is 20.1 Å². The first-order chi connectivity index (χ1) is 7.37. The number of hydrogen-bond acceptors (Lipinski definition) is 4. The summed E-state index contributed by atoms with van der Waals surface area (Å²) >= 11 is 0. The van der Waals surface area contributed by atoms with Crippen LogP contribution in [0, 0.1) is 0 Å². The van der Waals surface area contributed by atoms with Crippen molar-refractivity contribution in [3.05, 3.63) is 23.3 Å². The summed E-state index contributed by atoms with van der Waals surface area (Å²) < 4.78 is 5.61. The predicted octanol–water partition coefficient (Wildman–Crippen LogP) is 1.55. The van der Waals surface area contributed by atoms with Gasteiger partial charge in [0.25, 0.3) is 0 Å². The van der Waals surface area contributed by atoms with Gasteiger partial charge in [0.1, 0.15) is 17.1 Å². The maximum atomic E-state index is 9.64. The Labute approximate surface area is 95.1 Å². The first-order valence-corrected chi connectivity index (χ1v) is 5.13. The van der Waals surface area contributed by atoms with E-state index in [1.54, 1.807) is 12.1 Å². The van der Waals surface area contributed by atoms with E-state index in [1.807, 2.05) is 20.8 Å². The summed E-state index contributed by atoms with van der Waals surface area (Å²) in [5, 5.41) is 27.8. The molecule has 0 aliphatic heterocycles. The first-order valence-electron chi connectivity index (χ1n) is 5.13. The molecular formula is C12H18O4. The standard InChI is InChI=1S/C12H18O4/c1-12(2,3)16-10-4-8(6-13)11(15)9(5-10)7-14/h4-5,13-15H,6-7H2,1-3H3. The van der Waals surface area contributed by atoms with Gasteiger partial charge in [0.05, 0.1) is 13.2 Å². The number of phenols is 1. The third kappa shape index (κ3) is 3.12. The normalized spacial score (nSPS) is 11.6. The summed E-state index contributed by atoms with van der Waals surface area (Å²) in [7, 11) is 0. The van der Waals surface area contributed by atoms with Crippen LogP contribution in [0.1, 0.15) is 31.9 Å². The minimum Gasteiger partial charge on any atom is -0.507 e. The van der Waals surface area contributed by atoms with Crippen LogP contribution in [-0.2, 0) is 13.2 Å². The molecule has 0 aliphatic rings. The summed E-state index contributed by atoms with van der Waals surface area (Å²) in [5.41, 5.74) is 0.341. The van der Waals surface area contributed by atoms with Crippen LogP contribution in [0.4, 0.5) is 0 Å². The highest BCUT2D eigenvalue weighted by Gasteiger charge is 2.15. The van der Waals surface area contributed by atoms with Crippen LogP contribution in [-0.4, -0.2) is 20.9 Å². The van der Waals surface area contributed by atoms with Gasteiger partial charge in [0.2, 0.25) is 0 Å². The van der Waals surface area contributed by atoms with Crippen molar-refractivity contribution in [3.8, 4) is 11.5 Å². The predicted molar refractivity (Wildman–Crippen MR) is 60.3 cm³/mol. The first kappa shape index (κ1) is 12.8. The molecule has 0 unspecified atom stereocenters. The van der Waals surface area contributed by atoms with E-state index < -0.39 is 0 Å². The third-order valence-corrected chi connectivity index (χ3v) is 2.01. The molecule has 0 saturated heterocycles. The molecule has 4 heteroatoms. The van der Waals surface area contributed by atoms with E-state index in [-0.39, 0.29) is 24.6 Å². The zero-order valence-corrected chi connectivity index (χ0v) is 9.82. The van der Waals surface area contributed by atoms with Gasteiger partial charge < -0.3 is 20.1 Å². The van der Waals surface area contributed by atoms with Gasteiger partial charge in [-0.1, -0.05) is 0 Å². The fourth-order valence-corrected chi connectivity index (χ4v) is 1.38. The van der Waals surface area contributed by atoms with Crippen molar-refractivity contribution in [2.75, 3.05) is 0 Å². The molecule has 0 bridgehead atoms. The molecule has 1 aromatic carbocycles. The lowest BCUT2D eigenvalue weighted by Gasteiger charge is -2.22. The quantitative estimate of drug-likeness (QED) is 0.731. The number of aliphatic hydroxyl groups is 2. The Bertz CT molecular complexity index is 341. The Morgan fingerprint density at radius 3 is 1.81 bits per heavy atom. The topological polar surface area (TPSA) is 69.9 Å². The largest absolute Gasteiger partial charge is 0.507 e. The van der Waals surface area contributed by atoms with Gasteiger partial charge >= 0.3 is 0 Å². The molecule has 16 heavy (non-hydrogen) atoms. The van der Waals surface area contributed by atoms with E-state index >= 15 is 0 Å². The highest BCUT2D eigenvalue weighted by atomic mass is 16.5. The van der Waals surface area contributed by atoms with E-state index in [0.717, 1.165) is 0 Å². The van der Waals surface area contributed by atoms with Crippen LogP contribution in [0.25, 0.3) is 0 Å². The van der Waals surface area contributed by atoms with Crippen LogP contribution in [0.5, 0.6) is 11.5 Å². The summed E-state index contributed by atoms with van der Waals surface area (Å²) in [6, 6.07) is 3.14. The summed E-state index contributed by atoms with van der Waals surface area (Å²) in [6.45, 7) is 5.12. The Hall–Kier alpha value is -1.26. The minimum atomic E-state index is -0.365. The Morgan fingerprint density at radius 1 is 1.06 bits per heavy atom. The smallest absolute Gasteiger partial charge is 0.126 e. The molecule has 0 saturated carbocycles. The van der Waals surface area contributed by atoms with Crippen LogP contribution in [0.15, 0.2) is 12.1 Å². The van der Waals surface area contributed by atoms with E-state index in [9.17, 15) is 5.11 Å². The molecule has 0 fully saturated rings. The molecule has 1 rings (SSSR count). The lowest BCUT2D eigenvalue weighted by molar-refractivity contribution is 0.129. The summed E-state index contributed by atoms with van der Waals surface area (Å²) in [4.78, 5) is 0. The van der Waals surface area contributed by atoms with E-state index in [2.05, 4.69) is 0 Å². The number of aromatic hydroxyl groups is 1. The molecule has 0 atom stereocenters. The molecule has 0 amide bonds. The van der Waals surface area contributed by atoms with Crippen molar-refractivity contribution in [1.82, 2.24) is 0 Å². The van der Waals surface area contributed by atoms with Gasteiger partial charge in [-0.3, -0.25) is 0 Å². The molecular weight excluding hydrogens is 208 g/mol. The Balaban J connectivity index is 3.12. The number of aliphatic hydroxyl groups excluding tert-OH is 2. The van der Waals surface area contributed by atoms with Gasteiger partial charge in [-0.15, -0.1) is 0 Å². The second-order valence-corrected chi connectivity index (χ2v) is 4.62. The monoisotopic (exact) mass is 226 g/mol. The zero-order chi connectivity index (χ0) is 12.3. The number of hydrogen-bond donors (Lipinski definition) is 3. The third-order valence-electron chi connectivity index (χ3n) is 2.01. The molecule has 4 nitrogen and oxygen atoms in total. The fraction of sp³-hybridized carbons (Fsp3) is 0.500. The van der Waals surface area contributed by atoms with E-state index in [0.29, 0.717) is 16.9 Å². The van der Waals surface area contributed by atoms with Gasteiger partial charge in [0, 0.05) is 11.1 Å². The van der Waals surface area contributed by atoms with Crippen molar-refractivity contribution in [2.24, 2.45) is 0 Å². The van der Waals surface area contributed by atoms with Crippen LogP contribution < -0.4 is 4.74 Å². The molecule has 3 N–H and O–H groups in total. The van der Waals surface area contributed by atoms with E-state index in [1.165, 1.54) is 0 Å². The minimum absolute atomic E-state index is 0.0775. The van der Waals surface area contributed by atoms with Gasteiger partial charge in [-0.2, -0.15) is 0 Å². The summed E-state index contributed by atoms with van der Waals surface area (Å²) in [6.07, 6.45) is 0. The fourth-order valence-electron chi connectivity index (χ4n) is 1.38. The molecule has 0 aliphatic carbocycles. The lowest BCUT2D eigenvalue weighted by atomic mass is 10.1. The van der Waals surface area contributed by atoms with Crippen molar-refractivity contribution >= 4 is 0 Å². The Morgan fingerprint density at radius 2 is 1.50 bits per heavy atom. The molecule has 0 radical (unpaired) electrons. The molecule has 0 heterocycles. The maximum Gasteiger partial charge on any atom is 0.126 e. The van der Waals surface area contributed by atoms with Crippen molar-refractivity contribution in [1.29, 1.82) is 0 Å². The highest BCUT2D eigenvalue weighted by molar-refractivity contribution is 5.46. The second-order valence-electron chi connectivity index (χ2n) is 4.62. The second kappa shape index (κ2) is 4.72. The molecule has 1 aromatic rings. The molecule has 0 aromatic heterocycles. The number of rotatable bonds is 3. The zero-order valence-electron chi connectivity index (χ0n) is 9.82. The van der Waals surface area contributed by atoms with Crippen molar-refractivity contribution in [2.45, 2.75) is 39.6 Å². The average molecular weight is 226 g/mol. The molecule has 0 spiro atoms. The van der Waals surface area contributed by atoms with Crippen LogP contribution in [0.2, 0.25) is 0 Å². The maximum absolute atomic E-state index is 9.64. The van der Waals surface area contributed by atoms with Crippen LogP contribution in [0.3, 0.4) is 0 Å².